The zero-order valence-corrected chi connectivity index (χ0v) is 28.9. The molecule has 0 aliphatic rings. The van der Waals surface area contributed by atoms with E-state index in [0.717, 1.165) is 50.1 Å². The second-order valence-corrected chi connectivity index (χ2v) is 15.1. The molecule has 0 aliphatic heterocycles. The number of rotatable bonds is 9. The van der Waals surface area contributed by atoms with E-state index < -0.39 is 15.6 Å². The molecular weight excluding hydrogens is 678 g/mol. The third kappa shape index (κ3) is 5.73. The monoisotopic (exact) mass is 707 g/mol. The molecule has 250 valence electrons. The van der Waals surface area contributed by atoms with Crippen molar-refractivity contribution in [2.24, 2.45) is 0 Å². The summed E-state index contributed by atoms with van der Waals surface area (Å²) in [5.74, 6) is -0.338. The molecule has 1 N–H and O–H groups in total. The number of thiophene rings is 1. The van der Waals surface area contributed by atoms with E-state index in [2.05, 4.69) is 57.3 Å². The first-order chi connectivity index (χ1) is 24.9. The SMILES string of the molecule is CNS(=O)(=O)c1ccc(-c2ncnc3ccc(-c4cn(C(c5ccccc5)(c5ccccc5)c5ccccc5)nc4-c4ccc(F)cc4)cc23)s1. The first kappa shape index (κ1) is 32.4. The van der Waals surface area contributed by atoms with Crippen LogP contribution in [0.2, 0.25) is 0 Å². The van der Waals surface area contributed by atoms with Crippen molar-refractivity contribution in [3.63, 3.8) is 0 Å². The van der Waals surface area contributed by atoms with E-state index >= 15 is 0 Å². The van der Waals surface area contributed by atoms with Gasteiger partial charge in [-0.25, -0.2) is 27.5 Å². The van der Waals surface area contributed by atoms with Crippen molar-refractivity contribution in [2.45, 2.75) is 9.75 Å². The van der Waals surface area contributed by atoms with Gasteiger partial charge in [-0.05, 0) is 77.8 Å². The number of sulfonamides is 1. The Hall–Kier alpha value is -5.81. The number of nitrogens with zero attached hydrogens (tertiary/aromatic N) is 4. The van der Waals surface area contributed by atoms with Crippen LogP contribution in [0.1, 0.15) is 16.7 Å². The van der Waals surface area contributed by atoms with Crippen molar-refractivity contribution in [2.75, 3.05) is 7.05 Å². The molecule has 3 aromatic heterocycles. The second kappa shape index (κ2) is 13.1. The molecular formula is C41H30FN5O2S2. The summed E-state index contributed by atoms with van der Waals surface area (Å²) >= 11 is 1.14. The summed E-state index contributed by atoms with van der Waals surface area (Å²) < 4.78 is 44.0. The van der Waals surface area contributed by atoms with Crippen LogP contribution in [0.4, 0.5) is 4.39 Å². The van der Waals surface area contributed by atoms with Crippen LogP contribution in [0.3, 0.4) is 0 Å². The number of benzene rings is 5. The molecule has 10 heteroatoms. The summed E-state index contributed by atoms with van der Waals surface area (Å²) in [6, 6.07) is 46.5. The Balaban J connectivity index is 1.41. The summed E-state index contributed by atoms with van der Waals surface area (Å²) in [5, 5.41) is 6.13. The van der Waals surface area contributed by atoms with Crippen molar-refractivity contribution in [1.29, 1.82) is 0 Å². The van der Waals surface area contributed by atoms with Gasteiger partial charge in [-0.1, -0.05) is 97.1 Å². The van der Waals surface area contributed by atoms with Crippen LogP contribution in [-0.2, 0) is 15.6 Å². The van der Waals surface area contributed by atoms with Crippen molar-refractivity contribution in [1.82, 2.24) is 24.5 Å². The fourth-order valence-corrected chi connectivity index (χ4v) is 8.78. The molecule has 3 heterocycles. The molecule has 0 bridgehead atoms. The van der Waals surface area contributed by atoms with E-state index in [9.17, 15) is 12.8 Å². The number of hydrogen-bond acceptors (Lipinski definition) is 6. The minimum absolute atomic E-state index is 0.196. The lowest BCUT2D eigenvalue weighted by Gasteiger charge is -2.36. The van der Waals surface area contributed by atoms with Crippen LogP contribution >= 0.6 is 11.3 Å². The van der Waals surface area contributed by atoms with Crippen molar-refractivity contribution in [3.05, 3.63) is 181 Å². The molecule has 0 unspecified atom stereocenters. The van der Waals surface area contributed by atoms with Crippen molar-refractivity contribution >= 4 is 32.3 Å². The standard InChI is InChI=1S/C41H30FN5O2S2/c1-43-51(48,49)38-24-23-37(50-38)40-34-25-29(19-22-36(34)44-27-45-40)35-26-47(46-39(35)28-17-20-33(42)21-18-28)41(30-11-5-2-6-12-30,31-13-7-3-8-14-31)32-15-9-4-10-16-32/h2-27,43H,1H3. The minimum Gasteiger partial charge on any atom is -0.252 e. The Morgan fingerprint density at radius 1 is 0.686 bits per heavy atom. The average molecular weight is 708 g/mol. The summed E-state index contributed by atoms with van der Waals surface area (Å²) in [4.78, 5) is 9.83. The van der Waals surface area contributed by atoms with Crippen LogP contribution in [0.15, 0.2) is 162 Å². The summed E-state index contributed by atoms with van der Waals surface area (Å²) in [5.41, 5.74) is 6.56. The predicted octanol–water partition coefficient (Wildman–Crippen LogP) is 8.78. The predicted molar refractivity (Wildman–Crippen MR) is 200 cm³/mol. The van der Waals surface area contributed by atoms with Crippen LogP contribution in [0.5, 0.6) is 0 Å². The van der Waals surface area contributed by atoms with E-state index in [1.165, 1.54) is 25.5 Å². The Kier molecular flexibility index (Phi) is 8.35. The molecule has 8 aromatic rings. The van der Waals surface area contributed by atoms with Gasteiger partial charge in [0.25, 0.3) is 0 Å². The van der Waals surface area contributed by atoms with Crippen LogP contribution in [0.25, 0.3) is 43.9 Å². The van der Waals surface area contributed by atoms with Gasteiger partial charge in [0.05, 0.1) is 16.1 Å². The first-order valence-corrected chi connectivity index (χ1v) is 18.5. The molecule has 0 saturated heterocycles. The minimum atomic E-state index is -3.62. The third-order valence-electron chi connectivity index (χ3n) is 9.04. The fourth-order valence-electron chi connectivity index (χ4n) is 6.63. The maximum atomic E-state index is 14.3. The number of aromatic nitrogens is 4. The molecule has 0 fully saturated rings. The maximum absolute atomic E-state index is 14.3. The molecule has 0 radical (unpaired) electrons. The number of hydrogen-bond donors (Lipinski definition) is 1. The van der Waals surface area contributed by atoms with Gasteiger partial charge in [0.1, 0.15) is 27.6 Å². The highest BCUT2D eigenvalue weighted by Crippen LogP contribution is 2.44. The fraction of sp³-hybridized carbons (Fsp3) is 0.0488. The molecule has 0 spiro atoms. The highest BCUT2D eigenvalue weighted by atomic mass is 32.2. The zero-order valence-electron chi connectivity index (χ0n) is 27.3. The van der Waals surface area contributed by atoms with Gasteiger partial charge in [0.15, 0.2) is 0 Å². The summed E-state index contributed by atoms with van der Waals surface area (Å²) in [6.45, 7) is 0. The Morgan fingerprint density at radius 2 is 1.27 bits per heavy atom. The zero-order chi connectivity index (χ0) is 35.0. The lowest BCUT2D eigenvalue weighted by Crippen LogP contribution is -2.38. The largest absolute Gasteiger partial charge is 0.252 e. The molecule has 7 nitrogen and oxygen atoms in total. The lowest BCUT2D eigenvalue weighted by atomic mass is 9.77. The van der Waals surface area contributed by atoms with Gasteiger partial charge in [-0.2, -0.15) is 5.10 Å². The Labute approximate surface area is 298 Å². The number of fused-ring (bicyclic) bond motifs is 1. The summed E-state index contributed by atoms with van der Waals surface area (Å²) in [6.07, 6.45) is 3.54. The molecule has 0 saturated carbocycles. The van der Waals surface area contributed by atoms with Gasteiger partial charge in [0.2, 0.25) is 10.0 Å². The van der Waals surface area contributed by atoms with Gasteiger partial charge in [-0.3, -0.25) is 4.68 Å². The van der Waals surface area contributed by atoms with E-state index in [-0.39, 0.29) is 10.0 Å². The van der Waals surface area contributed by atoms with Gasteiger partial charge < -0.3 is 0 Å². The Morgan fingerprint density at radius 3 is 1.86 bits per heavy atom. The Bertz CT molecular complexity index is 2490. The average Bonchev–Trinajstić information content (AvgIpc) is 3.86. The number of halogens is 1. The van der Waals surface area contributed by atoms with Crippen LogP contribution in [-0.4, -0.2) is 35.2 Å². The highest BCUT2D eigenvalue weighted by molar-refractivity contribution is 7.91. The molecule has 5 aromatic carbocycles. The molecule has 51 heavy (non-hydrogen) atoms. The van der Waals surface area contributed by atoms with Crippen molar-refractivity contribution in [3.8, 4) is 33.0 Å². The molecule has 0 amide bonds. The topological polar surface area (TPSA) is 89.8 Å². The van der Waals surface area contributed by atoms with Gasteiger partial charge >= 0.3 is 0 Å². The molecule has 8 rings (SSSR count). The smallest absolute Gasteiger partial charge is 0.249 e. The maximum Gasteiger partial charge on any atom is 0.249 e. The second-order valence-electron chi connectivity index (χ2n) is 11.9. The highest BCUT2D eigenvalue weighted by Gasteiger charge is 2.40. The van der Waals surface area contributed by atoms with Crippen molar-refractivity contribution < 1.29 is 12.8 Å². The van der Waals surface area contributed by atoms with E-state index in [1.54, 1.807) is 24.3 Å². The quantitative estimate of drug-likeness (QED) is 0.152. The molecule has 0 atom stereocenters. The summed E-state index contributed by atoms with van der Waals surface area (Å²) in [7, 11) is -2.23. The number of nitrogens with one attached hydrogen (secondary N) is 1. The third-order valence-corrected chi connectivity index (χ3v) is 12.0. The van der Waals surface area contributed by atoms with E-state index in [4.69, 9.17) is 5.10 Å². The van der Waals surface area contributed by atoms with Gasteiger partial charge in [-0.15, -0.1) is 11.3 Å². The molecule has 0 aliphatic carbocycles. The van der Waals surface area contributed by atoms with E-state index in [0.29, 0.717) is 21.8 Å². The van der Waals surface area contributed by atoms with E-state index in [1.807, 2.05) is 77.5 Å². The lowest BCUT2D eigenvalue weighted by molar-refractivity contribution is 0.461. The van der Waals surface area contributed by atoms with Gasteiger partial charge in [0, 0.05) is 22.7 Å². The normalized spacial score (nSPS) is 12.0. The first-order valence-electron chi connectivity index (χ1n) is 16.2. The van der Waals surface area contributed by atoms with Crippen LogP contribution in [0, 0.1) is 5.82 Å². The van der Waals surface area contributed by atoms with Crippen LogP contribution < -0.4 is 4.72 Å².